The zero-order valence-electron chi connectivity index (χ0n) is 12.4. The Balaban J connectivity index is 1.92. The van der Waals surface area contributed by atoms with E-state index in [2.05, 4.69) is 0 Å². The molecule has 2 aromatic rings. The van der Waals surface area contributed by atoms with Crippen LogP contribution in [0.2, 0.25) is 0 Å². The first-order chi connectivity index (χ1) is 11.6. The molecule has 0 aromatic heterocycles. The molecule has 0 saturated heterocycles. The number of ketones is 2. The fourth-order valence-electron chi connectivity index (χ4n) is 3.22. The van der Waals surface area contributed by atoms with Crippen LogP contribution < -0.4 is 0 Å². The summed E-state index contributed by atoms with van der Waals surface area (Å²) in [4.78, 5) is 37.4. The third kappa shape index (κ3) is 2.09. The number of Topliss-reactive ketones (excluding diaryl/α,β-unsaturated/α-hetero) is 2. The van der Waals surface area contributed by atoms with Crippen LogP contribution in [0.4, 0.5) is 4.39 Å². The Hall–Kier alpha value is -3.08. The fraction of sp³-hybridized carbons (Fsp3) is 0.105. The Morgan fingerprint density at radius 3 is 2.33 bits per heavy atom. The smallest absolute Gasteiger partial charge is 0.312 e. The highest BCUT2D eigenvalue weighted by molar-refractivity contribution is 6.27. The maximum absolute atomic E-state index is 13.6. The summed E-state index contributed by atoms with van der Waals surface area (Å²) in [6.45, 7) is 0. The van der Waals surface area contributed by atoms with Gasteiger partial charge in [-0.1, -0.05) is 36.4 Å². The Labute approximate surface area is 136 Å². The maximum atomic E-state index is 13.6. The summed E-state index contributed by atoms with van der Waals surface area (Å²) in [6.07, 6.45) is -0.108. The molecule has 0 spiro atoms. The van der Waals surface area contributed by atoms with Gasteiger partial charge in [0.25, 0.3) is 0 Å². The van der Waals surface area contributed by atoms with Crippen LogP contribution in [0.5, 0.6) is 0 Å². The van der Waals surface area contributed by atoms with Crippen LogP contribution in [0.15, 0.2) is 59.9 Å². The van der Waals surface area contributed by atoms with Gasteiger partial charge in [-0.25, -0.2) is 4.39 Å². The molecule has 24 heavy (non-hydrogen) atoms. The second kappa shape index (κ2) is 5.23. The summed E-state index contributed by atoms with van der Waals surface area (Å²) in [5.74, 6) is -2.85. The van der Waals surface area contributed by atoms with Crippen molar-refractivity contribution in [2.45, 2.75) is 12.3 Å². The molecular formula is C19H11FO4. The van der Waals surface area contributed by atoms with Crippen molar-refractivity contribution in [3.8, 4) is 0 Å². The number of fused-ring (bicyclic) bond motifs is 1. The highest BCUT2D eigenvalue weighted by Crippen LogP contribution is 2.41. The van der Waals surface area contributed by atoms with Crippen molar-refractivity contribution in [1.29, 1.82) is 0 Å². The SMILES string of the molecule is O=C1CC(c2cccc(F)c2)C2=C(O1)C(=O)c1ccccc1C2=O. The predicted molar refractivity (Wildman–Crippen MR) is 82.0 cm³/mol. The number of ether oxygens (including phenoxy) is 1. The molecule has 1 aliphatic carbocycles. The van der Waals surface area contributed by atoms with Crippen LogP contribution in [-0.2, 0) is 9.53 Å². The van der Waals surface area contributed by atoms with Crippen molar-refractivity contribution in [2.75, 3.05) is 0 Å². The molecule has 0 radical (unpaired) electrons. The van der Waals surface area contributed by atoms with E-state index in [0.29, 0.717) is 5.56 Å². The molecule has 2 aromatic carbocycles. The predicted octanol–water partition coefficient (Wildman–Crippen LogP) is 3.19. The monoisotopic (exact) mass is 322 g/mol. The molecule has 0 N–H and O–H groups in total. The van der Waals surface area contributed by atoms with E-state index in [1.165, 1.54) is 24.3 Å². The Bertz CT molecular complexity index is 942. The Morgan fingerprint density at radius 1 is 0.917 bits per heavy atom. The summed E-state index contributed by atoms with van der Waals surface area (Å²) in [6, 6.07) is 12.1. The summed E-state index contributed by atoms with van der Waals surface area (Å²) < 4.78 is 18.7. The zero-order valence-corrected chi connectivity index (χ0v) is 12.4. The van der Waals surface area contributed by atoms with Crippen molar-refractivity contribution >= 4 is 17.5 Å². The van der Waals surface area contributed by atoms with Crippen molar-refractivity contribution < 1.29 is 23.5 Å². The third-order valence-corrected chi connectivity index (χ3v) is 4.30. The highest BCUT2D eigenvalue weighted by atomic mass is 19.1. The average molecular weight is 322 g/mol. The number of carbonyl (C=O) groups is 3. The minimum absolute atomic E-state index is 0.108. The van der Waals surface area contributed by atoms with Crippen LogP contribution in [0.1, 0.15) is 38.6 Å². The van der Waals surface area contributed by atoms with Crippen LogP contribution in [0, 0.1) is 5.82 Å². The summed E-state index contributed by atoms with van der Waals surface area (Å²) in [5.41, 5.74) is 1.10. The molecule has 0 fully saturated rings. The second-order valence-electron chi connectivity index (χ2n) is 5.73. The first-order valence-electron chi connectivity index (χ1n) is 7.45. The largest absolute Gasteiger partial charge is 0.422 e. The second-order valence-corrected chi connectivity index (χ2v) is 5.73. The minimum Gasteiger partial charge on any atom is -0.422 e. The van der Waals surface area contributed by atoms with Crippen LogP contribution in [0.3, 0.4) is 0 Å². The van der Waals surface area contributed by atoms with Crippen LogP contribution in [-0.4, -0.2) is 17.5 Å². The lowest BCUT2D eigenvalue weighted by atomic mass is 9.77. The number of carbonyl (C=O) groups excluding carboxylic acids is 3. The topological polar surface area (TPSA) is 60.4 Å². The molecule has 2 aliphatic rings. The number of hydrogen-bond donors (Lipinski definition) is 0. The van der Waals surface area contributed by atoms with E-state index in [9.17, 15) is 18.8 Å². The normalized spacial score (nSPS) is 19.7. The fourth-order valence-corrected chi connectivity index (χ4v) is 3.22. The summed E-state index contributed by atoms with van der Waals surface area (Å²) >= 11 is 0. The number of esters is 1. The minimum atomic E-state index is -0.693. The standard InChI is InChI=1S/C19H11FO4/c20-11-5-3-4-10(8-11)14-9-15(21)24-19-16(14)17(22)12-6-1-2-7-13(12)18(19)23/h1-8,14H,9H2. The van der Waals surface area contributed by atoms with E-state index in [0.717, 1.165) is 0 Å². The highest BCUT2D eigenvalue weighted by Gasteiger charge is 2.42. The molecule has 1 atom stereocenters. The number of hydrogen-bond acceptors (Lipinski definition) is 4. The first-order valence-corrected chi connectivity index (χ1v) is 7.45. The third-order valence-electron chi connectivity index (χ3n) is 4.30. The Morgan fingerprint density at radius 2 is 1.62 bits per heavy atom. The van der Waals surface area contributed by atoms with Gasteiger partial charge in [-0.05, 0) is 17.7 Å². The number of allylic oxidation sites excluding steroid dienone is 2. The Kier molecular flexibility index (Phi) is 3.16. The number of benzene rings is 2. The van der Waals surface area contributed by atoms with E-state index >= 15 is 0 Å². The summed E-state index contributed by atoms with van der Waals surface area (Å²) in [7, 11) is 0. The van der Waals surface area contributed by atoms with E-state index in [1.807, 2.05) is 0 Å². The summed E-state index contributed by atoms with van der Waals surface area (Å²) in [5, 5.41) is 0. The molecule has 4 nitrogen and oxygen atoms in total. The molecule has 1 aliphatic heterocycles. The van der Waals surface area contributed by atoms with Gasteiger partial charge in [0, 0.05) is 17.0 Å². The molecule has 4 rings (SSSR count). The molecule has 0 saturated carbocycles. The van der Waals surface area contributed by atoms with E-state index in [1.54, 1.807) is 24.3 Å². The van der Waals surface area contributed by atoms with Crippen molar-refractivity contribution in [2.24, 2.45) is 0 Å². The molecule has 0 amide bonds. The van der Waals surface area contributed by atoms with Crippen molar-refractivity contribution in [3.63, 3.8) is 0 Å². The lowest BCUT2D eigenvalue weighted by Gasteiger charge is -2.29. The zero-order chi connectivity index (χ0) is 16.8. The van der Waals surface area contributed by atoms with Crippen LogP contribution >= 0.6 is 0 Å². The lowest BCUT2D eigenvalue weighted by molar-refractivity contribution is -0.140. The van der Waals surface area contributed by atoms with Gasteiger partial charge in [0.05, 0.1) is 12.0 Å². The van der Waals surface area contributed by atoms with Gasteiger partial charge < -0.3 is 4.74 Å². The molecule has 118 valence electrons. The van der Waals surface area contributed by atoms with Gasteiger partial charge in [0.2, 0.25) is 5.78 Å². The first kappa shape index (κ1) is 14.5. The van der Waals surface area contributed by atoms with Gasteiger partial charge in [0.1, 0.15) is 5.82 Å². The van der Waals surface area contributed by atoms with Gasteiger partial charge in [0.15, 0.2) is 11.5 Å². The van der Waals surface area contributed by atoms with E-state index in [-0.39, 0.29) is 34.7 Å². The van der Waals surface area contributed by atoms with Gasteiger partial charge in [-0.15, -0.1) is 0 Å². The number of rotatable bonds is 1. The molecule has 1 unspecified atom stereocenters. The van der Waals surface area contributed by atoms with E-state index in [4.69, 9.17) is 4.74 Å². The van der Waals surface area contributed by atoms with Gasteiger partial charge >= 0.3 is 5.97 Å². The van der Waals surface area contributed by atoms with E-state index < -0.39 is 23.5 Å². The molecular weight excluding hydrogens is 311 g/mol. The number of halogens is 1. The average Bonchev–Trinajstić information content (AvgIpc) is 2.59. The van der Waals surface area contributed by atoms with Crippen molar-refractivity contribution in [1.82, 2.24) is 0 Å². The van der Waals surface area contributed by atoms with Crippen molar-refractivity contribution in [3.05, 3.63) is 82.4 Å². The van der Waals surface area contributed by atoms with Crippen LogP contribution in [0.25, 0.3) is 0 Å². The molecule has 1 heterocycles. The molecule has 0 bridgehead atoms. The van der Waals surface area contributed by atoms with Gasteiger partial charge in [-0.2, -0.15) is 0 Å². The lowest BCUT2D eigenvalue weighted by Crippen LogP contribution is -2.32. The molecule has 5 heteroatoms. The maximum Gasteiger partial charge on any atom is 0.312 e. The quantitative estimate of drug-likeness (QED) is 0.757. The van der Waals surface area contributed by atoms with Gasteiger partial charge in [-0.3, -0.25) is 14.4 Å².